The summed E-state index contributed by atoms with van der Waals surface area (Å²) in [5, 5.41) is 3.47. The number of likely N-dealkylation sites (tertiary alicyclic amines) is 1. The zero-order valence-corrected chi connectivity index (χ0v) is 10.7. The van der Waals surface area contributed by atoms with Crippen molar-refractivity contribution in [1.29, 1.82) is 0 Å². The molecule has 1 N–H and O–H groups in total. The van der Waals surface area contributed by atoms with Crippen LogP contribution in [0.15, 0.2) is 24.5 Å². The molecule has 0 spiro atoms. The van der Waals surface area contributed by atoms with E-state index in [1.165, 1.54) is 37.9 Å². The number of hydrogen-bond donors (Lipinski definition) is 1. The number of hydrogen-bond acceptors (Lipinski definition) is 3. The molecule has 0 amide bonds. The normalized spacial score (nSPS) is 20.9. The quantitative estimate of drug-likeness (QED) is 0.762. The molecule has 0 aliphatic carbocycles. The summed E-state index contributed by atoms with van der Waals surface area (Å²) in [6.45, 7) is 6.91. The van der Waals surface area contributed by atoms with Crippen molar-refractivity contribution in [3.8, 4) is 0 Å². The minimum absolute atomic E-state index is 0.799. The summed E-state index contributed by atoms with van der Waals surface area (Å²) in [5.41, 5.74) is 1.27. The van der Waals surface area contributed by atoms with Gasteiger partial charge in [-0.15, -0.1) is 0 Å². The van der Waals surface area contributed by atoms with Gasteiger partial charge >= 0.3 is 0 Å². The fraction of sp³-hybridized carbons (Fsp3) is 0.643. The molecule has 1 atom stereocenters. The van der Waals surface area contributed by atoms with Crippen molar-refractivity contribution in [2.24, 2.45) is 0 Å². The first-order chi connectivity index (χ1) is 8.36. The molecular formula is C14H23N3. The molecule has 1 aromatic rings. The minimum Gasteiger partial charge on any atom is -0.313 e. The average Bonchev–Trinajstić information content (AvgIpc) is 2.76. The van der Waals surface area contributed by atoms with Crippen molar-refractivity contribution in [2.75, 3.05) is 19.6 Å². The highest BCUT2D eigenvalue weighted by molar-refractivity contribution is 5.07. The molecule has 2 rings (SSSR count). The maximum Gasteiger partial charge on any atom is 0.0312 e. The lowest BCUT2D eigenvalue weighted by atomic mass is 10.2. The van der Waals surface area contributed by atoms with Crippen molar-refractivity contribution in [2.45, 2.75) is 38.8 Å². The Morgan fingerprint density at radius 1 is 1.53 bits per heavy atom. The highest BCUT2D eigenvalue weighted by Gasteiger charge is 2.18. The highest BCUT2D eigenvalue weighted by Crippen LogP contribution is 2.15. The molecule has 1 aliphatic rings. The van der Waals surface area contributed by atoms with E-state index in [1.54, 1.807) is 0 Å². The van der Waals surface area contributed by atoms with Crippen LogP contribution < -0.4 is 5.32 Å². The minimum atomic E-state index is 0.799. The molecule has 3 nitrogen and oxygen atoms in total. The van der Waals surface area contributed by atoms with Crippen LogP contribution in [0.25, 0.3) is 0 Å². The summed E-state index contributed by atoms with van der Waals surface area (Å²) in [4.78, 5) is 6.71. The second kappa shape index (κ2) is 6.72. The van der Waals surface area contributed by atoms with Crippen LogP contribution in [0.5, 0.6) is 0 Å². The molecule has 0 saturated carbocycles. The van der Waals surface area contributed by atoms with Gasteiger partial charge in [0, 0.05) is 25.0 Å². The van der Waals surface area contributed by atoms with E-state index in [2.05, 4.69) is 28.2 Å². The van der Waals surface area contributed by atoms with Crippen LogP contribution in [0.3, 0.4) is 0 Å². The Balaban J connectivity index is 1.55. The zero-order valence-electron chi connectivity index (χ0n) is 10.7. The molecule has 17 heavy (non-hydrogen) atoms. The third kappa shape index (κ3) is 4.10. The third-order valence-corrected chi connectivity index (χ3v) is 3.54. The molecule has 1 aromatic heterocycles. The fourth-order valence-electron chi connectivity index (χ4n) is 2.47. The Morgan fingerprint density at radius 3 is 3.18 bits per heavy atom. The van der Waals surface area contributed by atoms with Gasteiger partial charge in [-0.1, -0.05) is 6.07 Å². The van der Waals surface area contributed by atoms with Gasteiger partial charge in [0.15, 0.2) is 0 Å². The Morgan fingerprint density at radius 2 is 2.47 bits per heavy atom. The van der Waals surface area contributed by atoms with Gasteiger partial charge in [0.05, 0.1) is 0 Å². The Bertz CT molecular complexity index is 313. The van der Waals surface area contributed by atoms with E-state index in [9.17, 15) is 0 Å². The Hall–Kier alpha value is -0.930. The third-order valence-electron chi connectivity index (χ3n) is 3.54. The van der Waals surface area contributed by atoms with E-state index < -0.39 is 0 Å². The van der Waals surface area contributed by atoms with E-state index in [4.69, 9.17) is 0 Å². The Labute approximate surface area is 104 Å². The number of nitrogens with zero attached hydrogens (tertiary/aromatic N) is 2. The predicted octanol–water partition coefficient (Wildman–Crippen LogP) is 2.05. The molecule has 1 fully saturated rings. The molecule has 0 radical (unpaired) electrons. The standard InChI is InChI=1S/C14H23N3/c1-13-5-3-9-17(13)10-4-8-16-12-14-6-2-7-15-11-14/h2,6-7,11,13,16H,3-5,8-10,12H2,1H3. The van der Waals surface area contributed by atoms with Gasteiger partial charge in [-0.25, -0.2) is 0 Å². The molecule has 2 heterocycles. The summed E-state index contributed by atoms with van der Waals surface area (Å²) in [6.07, 6.45) is 7.74. The molecule has 1 saturated heterocycles. The second-order valence-corrected chi connectivity index (χ2v) is 4.92. The van der Waals surface area contributed by atoms with Crippen LogP contribution in [0, 0.1) is 0 Å². The van der Waals surface area contributed by atoms with Gasteiger partial charge in [0.25, 0.3) is 0 Å². The van der Waals surface area contributed by atoms with Gasteiger partial charge in [-0.05, 0) is 57.5 Å². The van der Waals surface area contributed by atoms with Crippen LogP contribution in [-0.4, -0.2) is 35.6 Å². The molecule has 1 unspecified atom stereocenters. The van der Waals surface area contributed by atoms with Crippen molar-refractivity contribution in [3.05, 3.63) is 30.1 Å². The first-order valence-electron chi connectivity index (χ1n) is 6.70. The Kier molecular flexibility index (Phi) is 4.95. The van der Waals surface area contributed by atoms with Crippen LogP contribution in [-0.2, 0) is 6.54 Å². The van der Waals surface area contributed by atoms with Gasteiger partial charge in [0.2, 0.25) is 0 Å². The van der Waals surface area contributed by atoms with E-state index in [-0.39, 0.29) is 0 Å². The fourth-order valence-corrected chi connectivity index (χ4v) is 2.47. The molecule has 0 bridgehead atoms. The van der Waals surface area contributed by atoms with E-state index in [1.807, 2.05) is 18.5 Å². The molecule has 0 aromatic carbocycles. The maximum atomic E-state index is 4.11. The van der Waals surface area contributed by atoms with E-state index in [0.29, 0.717) is 0 Å². The summed E-state index contributed by atoms with van der Waals surface area (Å²) >= 11 is 0. The lowest BCUT2D eigenvalue weighted by molar-refractivity contribution is 0.264. The van der Waals surface area contributed by atoms with Crippen molar-refractivity contribution < 1.29 is 0 Å². The number of nitrogens with one attached hydrogen (secondary N) is 1. The van der Waals surface area contributed by atoms with Crippen molar-refractivity contribution in [3.63, 3.8) is 0 Å². The van der Waals surface area contributed by atoms with E-state index in [0.717, 1.165) is 19.1 Å². The SMILES string of the molecule is CC1CCCN1CCCNCc1cccnc1. The van der Waals surface area contributed by atoms with Crippen LogP contribution in [0.1, 0.15) is 31.7 Å². The molecule has 94 valence electrons. The average molecular weight is 233 g/mol. The van der Waals surface area contributed by atoms with E-state index >= 15 is 0 Å². The van der Waals surface area contributed by atoms with Gasteiger partial charge in [-0.3, -0.25) is 4.98 Å². The first-order valence-corrected chi connectivity index (χ1v) is 6.70. The summed E-state index contributed by atoms with van der Waals surface area (Å²) in [7, 11) is 0. The number of rotatable bonds is 6. The summed E-state index contributed by atoms with van der Waals surface area (Å²) < 4.78 is 0. The van der Waals surface area contributed by atoms with Crippen LogP contribution >= 0.6 is 0 Å². The predicted molar refractivity (Wildman–Crippen MR) is 70.8 cm³/mol. The monoisotopic (exact) mass is 233 g/mol. The number of aromatic nitrogens is 1. The smallest absolute Gasteiger partial charge is 0.0312 e. The van der Waals surface area contributed by atoms with Gasteiger partial charge in [0.1, 0.15) is 0 Å². The summed E-state index contributed by atoms with van der Waals surface area (Å²) in [6, 6.07) is 4.90. The van der Waals surface area contributed by atoms with Crippen LogP contribution in [0.2, 0.25) is 0 Å². The largest absolute Gasteiger partial charge is 0.313 e. The molecule has 3 heteroatoms. The summed E-state index contributed by atoms with van der Waals surface area (Å²) in [5.74, 6) is 0. The lowest BCUT2D eigenvalue weighted by Gasteiger charge is -2.20. The number of pyridine rings is 1. The molecule has 1 aliphatic heterocycles. The first kappa shape index (κ1) is 12.5. The van der Waals surface area contributed by atoms with Gasteiger partial charge < -0.3 is 10.2 Å². The maximum absolute atomic E-state index is 4.11. The van der Waals surface area contributed by atoms with Gasteiger partial charge in [-0.2, -0.15) is 0 Å². The van der Waals surface area contributed by atoms with Crippen molar-refractivity contribution >= 4 is 0 Å². The van der Waals surface area contributed by atoms with Crippen LogP contribution in [0.4, 0.5) is 0 Å². The zero-order chi connectivity index (χ0) is 11.9. The lowest BCUT2D eigenvalue weighted by Crippen LogP contribution is -2.30. The second-order valence-electron chi connectivity index (χ2n) is 4.92. The topological polar surface area (TPSA) is 28.2 Å². The van der Waals surface area contributed by atoms with Crippen molar-refractivity contribution in [1.82, 2.24) is 15.2 Å². The highest BCUT2D eigenvalue weighted by atomic mass is 15.2. The molecular weight excluding hydrogens is 210 g/mol.